The Balaban J connectivity index is 2.27. The fourth-order valence-electron chi connectivity index (χ4n) is 2.09. The van der Waals surface area contributed by atoms with Gasteiger partial charge in [0.15, 0.2) is 0 Å². The molecule has 2 N–H and O–H groups in total. The van der Waals surface area contributed by atoms with Crippen molar-refractivity contribution in [3.63, 3.8) is 0 Å². The molecule has 21 heavy (non-hydrogen) atoms. The molecule has 1 aromatic carbocycles. The minimum Gasteiger partial charge on any atom is -0.494 e. The smallest absolute Gasteiger partial charge is 0.241 e. The van der Waals surface area contributed by atoms with E-state index < -0.39 is 10.0 Å². The van der Waals surface area contributed by atoms with Crippen molar-refractivity contribution in [2.24, 2.45) is 0 Å². The standard InChI is InChI=1S/C15H24N2O3S/c1-4-16-11-12-10-13(6-7-14(12)20-5-2)21(18,19)17-15(3)8-9-15/h6-7,10,16-17H,4-5,8-9,11H2,1-3H3. The van der Waals surface area contributed by atoms with Crippen LogP contribution in [0.25, 0.3) is 0 Å². The Morgan fingerprint density at radius 2 is 2.00 bits per heavy atom. The molecule has 0 aromatic heterocycles. The third-order valence-corrected chi connectivity index (χ3v) is 5.22. The molecule has 2 rings (SSSR count). The van der Waals surface area contributed by atoms with Gasteiger partial charge in [-0.25, -0.2) is 13.1 Å². The summed E-state index contributed by atoms with van der Waals surface area (Å²) in [6.07, 6.45) is 1.79. The molecule has 0 spiro atoms. The van der Waals surface area contributed by atoms with E-state index in [1.54, 1.807) is 18.2 Å². The van der Waals surface area contributed by atoms with Crippen LogP contribution in [0.5, 0.6) is 5.75 Å². The SMILES string of the molecule is CCNCc1cc(S(=O)(=O)NC2(C)CC2)ccc1OCC. The van der Waals surface area contributed by atoms with E-state index in [1.807, 2.05) is 20.8 Å². The molecule has 0 radical (unpaired) electrons. The van der Waals surface area contributed by atoms with E-state index in [2.05, 4.69) is 10.0 Å². The summed E-state index contributed by atoms with van der Waals surface area (Å²) in [5.74, 6) is 0.732. The van der Waals surface area contributed by atoms with Gasteiger partial charge in [-0.15, -0.1) is 0 Å². The van der Waals surface area contributed by atoms with E-state index in [4.69, 9.17) is 4.74 Å². The Bertz CT molecular complexity index is 595. The predicted octanol–water partition coefficient (Wildman–Crippen LogP) is 2.03. The van der Waals surface area contributed by atoms with Crippen molar-refractivity contribution < 1.29 is 13.2 Å². The van der Waals surface area contributed by atoms with Crippen molar-refractivity contribution in [1.82, 2.24) is 10.0 Å². The van der Waals surface area contributed by atoms with Gasteiger partial charge in [0, 0.05) is 17.6 Å². The van der Waals surface area contributed by atoms with Crippen molar-refractivity contribution in [2.75, 3.05) is 13.2 Å². The topological polar surface area (TPSA) is 67.4 Å². The first-order valence-corrected chi connectivity index (χ1v) is 8.89. The van der Waals surface area contributed by atoms with E-state index in [9.17, 15) is 8.42 Å². The molecule has 6 heteroatoms. The highest BCUT2D eigenvalue weighted by molar-refractivity contribution is 7.89. The number of benzene rings is 1. The lowest BCUT2D eigenvalue weighted by molar-refractivity contribution is 0.335. The van der Waals surface area contributed by atoms with Gasteiger partial charge in [-0.2, -0.15) is 0 Å². The Kier molecular flexibility index (Phi) is 4.91. The van der Waals surface area contributed by atoms with Crippen LogP contribution in [-0.4, -0.2) is 27.1 Å². The summed E-state index contributed by atoms with van der Waals surface area (Å²) in [4.78, 5) is 0.298. The highest BCUT2D eigenvalue weighted by Gasteiger charge is 2.41. The third-order valence-electron chi connectivity index (χ3n) is 3.59. The van der Waals surface area contributed by atoms with Gasteiger partial charge in [-0.3, -0.25) is 0 Å². The lowest BCUT2D eigenvalue weighted by atomic mass is 10.2. The van der Waals surface area contributed by atoms with E-state index in [1.165, 1.54) is 0 Å². The van der Waals surface area contributed by atoms with Gasteiger partial charge in [-0.05, 0) is 51.4 Å². The molecular formula is C15H24N2O3S. The van der Waals surface area contributed by atoms with Gasteiger partial charge < -0.3 is 10.1 Å². The van der Waals surface area contributed by atoms with Crippen molar-refractivity contribution >= 4 is 10.0 Å². The highest BCUT2D eigenvalue weighted by atomic mass is 32.2. The zero-order valence-corrected chi connectivity index (χ0v) is 13.7. The fraction of sp³-hybridized carbons (Fsp3) is 0.600. The maximum absolute atomic E-state index is 12.4. The number of hydrogen-bond donors (Lipinski definition) is 2. The van der Waals surface area contributed by atoms with Gasteiger partial charge in [0.05, 0.1) is 11.5 Å². The summed E-state index contributed by atoms with van der Waals surface area (Å²) >= 11 is 0. The lowest BCUT2D eigenvalue weighted by Crippen LogP contribution is -2.34. The summed E-state index contributed by atoms with van der Waals surface area (Å²) in [7, 11) is -3.47. The maximum Gasteiger partial charge on any atom is 0.241 e. The van der Waals surface area contributed by atoms with Crippen molar-refractivity contribution in [3.8, 4) is 5.75 Å². The van der Waals surface area contributed by atoms with Crippen molar-refractivity contribution in [2.45, 2.75) is 50.6 Å². The number of nitrogens with one attached hydrogen (secondary N) is 2. The summed E-state index contributed by atoms with van der Waals surface area (Å²) in [6.45, 7) is 7.82. The second-order valence-corrected chi connectivity index (χ2v) is 7.33. The molecule has 0 unspecified atom stereocenters. The zero-order valence-electron chi connectivity index (χ0n) is 12.9. The monoisotopic (exact) mass is 312 g/mol. The first-order chi connectivity index (χ1) is 9.90. The van der Waals surface area contributed by atoms with E-state index in [0.717, 1.165) is 30.7 Å². The third kappa shape index (κ3) is 4.18. The van der Waals surface area contributed by atoms with Crippen LogP contribution in [-0.2, 0) is 16.6 Å². The number of sulfonamides is 1. The summed E-state index contributed by atoms with van der Waals surface area (Å²) in [5, 5.41) is 3.21. The molecule has 0 atom stereocenters. The average molecular weight is 312 g/mol. The molecule has 1 fully saturated rings. The van der Waals surface area contributed by atoms with Crippen LogP contribution in [0.4, 0.5) is 0 Å². The molecule has 1 aliphatic carbocycles. The predicted molar refractivity (Wildman–Crippen MR) is 83.0 cm³/mol. The van der Waals surface area contributed by atoms with Crippen LogP contribution < -0.4 is 14.8 Å². The second-order valence-electron chi connectivity index (χ2n) is 5.65. The van der Waals surface area contributed by atoms with Crippen molar-refractivity contribution in [3.05, 3.63) is 23.8 Å². The quantitative estimate of drug-likeness (QED) is 0.771. The highest BCUT2D eigenvalue weighted by Crippen LogP contribution is 2.36. The molecule has 1 saturated carbocycles. The summed E-state index contributed by atoms with van der Waals surface area (Å²) < 4.78 is 33.1. The van der Waals surface area contributed by atoms with Crippen LogP contribution in [0.3, 0.4) is 0 Å². The molecule has 0 amide bonds. The molecule has 0 saturated heterocycles. The van der Waals surface area contributed by atoms with Crippen LogP contribution in [0, 0.1) is 0 Å². The van der Waals surface area contributed by atoms with Crippen LogP contribution in [0.1, 0.15) is 39.2 Å². The molecule has 1 aliphatic rings. The lowest BCUT2D eigenvalue weighted by Gasteiger charge is -2.15. The van der Waals surface area contributed by atoms with Gasteiger partial charge in [-0.1, -0.05) is 6.92 Å². The van der Waals surface area contributed by atoms with Gasteiger partial charge in [0.2, 0.25) is 10.0 Å². The Hall–Kier alpha value is -1.11. The number of ether oxygens (including phenoxy) is 1. The molecule has 0 aliphatic heterocycles. The minimum absolute atomic E-state index is 0.265. The molecule has 0 heterocycles. The second kappa shape index (κ2) is 6.34. The minimum atomic E-state index is -3.47. The van der Waals surface area contributed by atoms with E-state index in [0.29, 0.717) is 18.0 Å². The maximum atomic E-state index is 12.4. The normalized spacial score (nSPS) is 16.7. The Morgan fingerprint density at radius 3 is 2.57 bits per heavy atom. The van der Waals surface area contributed by atoms with E-state index in [-0.39, 0.29) is 5.54 Å². The van der Waals surface area contributed by atoms with Gasteiger partial charge >= 0.3 is 0 Å². The number of hydrogen-bond acceptors (Lipinski definition) is 4. The average Bonchev–Trinajstić information content (AvgIpc) is 3.14. The van der Waals surface area contributed by atoms with Crippen LogP contribution >= 0.6 is 0 Å². The van der Waals surface area contributed by atoms with Gasteiger partial charge in [0.25, 0.3) is 0 Å². The number of rotatable bonds is 8. The Morgan fingerprint density at radius 1 is 1.29 bits per heavy atom. The molecular weight excluding hydrogens is 288 g/mol. The zero-order chi connectivity index (χ0) is 15.5. The largest absolute Gasteiger partial charge is 0.494 e. The molecule has 0 bridgehead atoms. The summed E-state index contributed by atoms with van der Waals surface area (Å²) in [5.41, 5.74) is 0.599. The molecule has 118 valence electrons. The van der Waals surface area contributed by atoms with E-state index >= 15 is 0 Å². The molecule has 1 aromatic rings. The first kappa shape index (κ1) is 16.3. The first-order valence-electron chi connectivity index (χ1n) is 7.40. The van der Waals surface area contributed by atoms with Crippen LogP contribution in [0.15, 0.2) is 23.1 Å². The summed E-state index contributed by atoms with van der Waals surface area (Å²) in [6, 6.07) is 5.04. The Labute approximate surface area is 127 Å². The molecule has 5 nitrogen and oxygen atoms in total. The van der Waals surface area contributed by atoms with Gasteiger partial charge in [0.1, 0.15) is 5.75 Å². The van der Waals surface area contributed by atoms with Crippen LogP contribution in [0.2, 0.25) is 0 Å². The fourth-order valence-corrected chi connectivity index (χ4v) is 3.61. The van der Waals surface area contributed by atoms with Crippen molar-refractivity contribution in [1.29, 1.82) is 0 Å².